The van der Waals surface area contributed by atoms with E-state index in [-0.39, 0.29) is 5.97 Å². The van der Waals surface area contributed by atoms with E-state index in [0.29, 0.717) is 5.56 Å². The molecule has 0 saturated heterocycles. The van der Waals surface area contributed by atoms with Crippen LogP contribution in [-0.4, -0.2) is 27.2 Å². The first-order valence-corrected chi connectivity index (χ1v) is 10.4. The molecule has 3 heterocycles. The van der Waals surface area contributed by atoms with Crippen LogP contribution in [0.25, 0.3) is 33.5 Å². The number of rotatable bonds is 4. The molecule has 1 aliphatic carbocycles. The summed E-state index contributed by atoms with van der Waals surface area (Å²) >= 11 is 0. The largest absolute Gasteiger partial charge is 0.465 e. The summed E-state index contributed by atoms with van der Waals surface area (Å²) in [5, 5.41) is 1.26. The van der Waals surface area contributed by atoms with Crippen LogP contribution < -0.4 is 0 Å². The van der Waals surface area contributed by atoms with E-state index >= 15 is 0 Å². The number of hydrogen-bond acceptors (Lipinski definition) is 3. The number of hydrogen-bond donors (Lipinski definition) is 0. The predicted molar refractivity (Wildman–Crippen MR) is 113 cm³/mol. The number of aryl methyl sites for hydroxylation is 2. The number of carbonyl (C=O) groups is 1. The number of aromatic nitrogens is 3. The first-order chi connectivity index (χ1) is 14.2. The molecule has 29 heavy (non-hydrogen) atoms. The van der Waals surface area contributed by atoms with Gasteiger partial charge in [0.1, 0.15) is 0 Å². The summed E-state index contributed by atoms with van der Waals surface area (Å²) in [7, 11) is 1.43. The molecule has 0 amide bonds. The molecular weight excluding hydrogens is 362 g/mol. The summed E-state index contributed by atoms with van der Waals surface area (Å²) in [5.41, 5.74) is 6.30. The molecule has 5 nitrogen and oxygen atoms in total. The number of nitrogens with zero attached hydrogens (tertiary/aromatic N) is 3. The van der Waals surface area contributed by atoms with Crippen LogP contribution in [0.5, 0.6) is 0 Å². The Balaban J connectivity index is 1.61. The lowest BCUT2D eigenvalue weighted by atomic mass is 10.0. The quantitative estimate of drug-likeness (QED) is 0.474. The predicted octanol–water partition coefficient (Wildman–Crippen LogP) is 4.80. The maximum Gasteiger partial charge on any atom is 0.337 e. The zero-order chi connectivity index (χ0) is 19.5. The molecule has 0 bridgehead atoms. The van der Waals surface area contributed by atoms with Crippen molar-refractivity contribution in [1.29, 1.82) is 0 Å². The highest BCUT2D eigenvalue weighted by molar-refractivity contribution is 5.96. The fraction of sp³-hybridized carbons (Fsp3) is 0.333. The first-order valence-electron chi connectivity index (χ1n) is 10.4. The molecular formula is C24H23N3O2. The van der Waals surface area contributed by atoms with Gasteiger partial charge in [0, 0.05) is 24.0 Å². The second-order valence-corrected chi connectivity index (χ2v) is 8.33. The number of fused-ring (bicyclic) bond motifs is 1. The highest BCUT2D eigenvalue weighted by Gasteiger charge is 2.27. The molecule has 0 spiro atoms. The van der Waals surface area contributed by atoms with Crippen LogP contribution in [0.1, 0.15) is 35.2 Å². The van der Waals surface area contributed by atoms with Gasteiger partial charge in [-0.15, -0.1) is 0 Å². The van der Waals surface area contributed by atoms with Gasteiger partial charge < -0.3 is 13.9 Å². The van der Waals surface area contributed by atoms with Crippen LogP contribution in [0.15, 0.2) is 42.5 Å². The highest BCUT2D eigenvalue weighted by Crippen LogP contribution is 2.38. The molecule has 1 saturated carbocycles. The highest BCUT2D eigenvalue weighted by atomic mass is 16.5. The third-order valence-electron chi connectivity index (χ3n) is 6.35. The van der Waals surface area contributed by atoms with Crippen LogP contribution in [0.2, 0.25) is 0 Å². The van der Waals surface area contributed by atoms with E-state index in [2.05, 4.69) is 39.5 Å². The van der Waals surface area contributed by atoms with Gasteiger partial charge in [0.15, 0.2) is 5.82 Å². The molecule has 2 aromatic carbocycles. The maximum absolute atomic E-state index is 12.1. The second kappa shape index (κ2) is 6.21. The number of esters is 1. The Kier molecular flexibility index (Phi) is 3.60. The van der Waals surface area contributed by atoms with Gasteiger partial charge in [0.2, 0.25) is 0 Å². The van der Waals surface area contributed by atoms with Crippen molar-refractivity contribution in [3.05, 3.63) is 53.6 Å². The van der Waals surface area contributed by atoms with Crippen LogP contribution >= 0.6 is 0 Å². The van der Waals surface area contributed by atoms with Crippen LogP contribution in [0.4, 0.5) is 0 Å². The summed E-state index contributed by atoms with van der Waals surface area (Å²) in [4.78, 5) is 17.2. The van der Waals surface area contributed by atoms with Crippen molar-refractivity contribution in [2.24, 2.45) is 5.92 Å². The second-order valence-electron chi connectivity index (χ2n) is 8.33. The molecule has 1 fully saturated rings. The minimum Gasteiger partial charge on any atom is -0.465 e. The van der Waals surface area contributed by atoms with Crippen LogP contribution in [0, 0.1) is 5.92 Å². The van der Waals surface area contributed by atoms with Crippen molar-refractivity contribution in [2.75, 3.05) is 7.11 Å². The molecule has 2 aromatic heterocycles. The van der Waals surface area contributed by atoms with Gasteiger partial charge in [-0.25, -0.2) is 9.78 Å². The van der Waals surface area contributed by atoms with E-state index < -0.39 is 0 Å². The Morgan fingerprint density at radius 3 is 2.90 bits per heavy atom. The Hall–Kier alpha value is -3.08. The maximum atomic E-state index is 12.1. The van der Waals surface area contributed by atoms with Gasteiger partial charge in [0.05, 0.1) is 29.4 Å². The molecule has 1 aliphatic heterocycles. The van der Waals surface area contributed by atoms with E-state index in [1.165, 1.54) is 47.6 Å². The average molecular weight is 385 g/mol. The number of ether oxygens (including phenoxy) is 1. The lowest BCUT2D eigenvalue weighted by Crippen LogP contribution is -2.12. The average Bonchev–Trinajstić information content (AvgIpc) is 3.40. The Morgan fingerprint density at radius 2 is 2.07 bits per heavy atom. The summed E-state index contributed by atoms with van der Waals surface area (Å²) in [5.74, 6) is 1.49. The van der Waals surface area contributed by atoms with Crippen LogP contribution in [-0.2, 0) is 24.2 Å². The summed E-state index contributed by atoms with van der Waals surface area (Å²) in [6.07, 6.45) is 4.65. The van der Waals surface area contributed by atoms with Crippen molar-refractivity contribution in [3.63, 3.8) is 0 Å². The molecule has 4 aromatic rings. The fourth-order valence-corrected chi connectivity index (χ4v) is 4.77. The normalized spacial score (nSPS) is 15.9. The molecule has 2 aliphatic rings. The number of benzene rings is 2. The number of para-hydroxylation sites is 1. The standard InChI is InChI=1S/C24H23N3O2/c1-29-24(28)18-11-17-6-4-10-26-22(17)19(12-18)25-23(26)21-13-16-5-2-3-7-20(16)27(21)14-15-8-9-15/h2-3,5,7,11-13,15H,4,6,8-10,14H2,1H3. The molecule has 0 atom stereocenters. The molecule has 0 unspecified atom stereocenters. The van der Waals surface area contributed by atoms with Gasteiger partial charge in [-0.3, -0.25) is 0 Å². The summed E-state index contributed by atoms with van der Waals surface area (Å²) in [6.45, 7) is 2.01. The molecule has 6 rings (SSSR count). The van der Waals surface area contributed by atoms with E-state index in [1.807, 2.05) is 12.1 Å². The van der Waals surface area contributed by atoms with Gasteiger partial charge in [-0.1, -0.05) is 18.2 Å². The van der Waals surface area contributed by atoms with Crippen LogP contribution in [0.3, 0.4) is 0 Å². The Bertz CT molecular complexity index is 1280. The molecule has 0 radical (unpaired) electrons. The Labute approximate surface area is 168 Å². The zero-order valence-electron chi connectivity index (χ0n) is 16.5. The zero-order valence-corrected chi connectivity index (χ0v) is 16.5. The number of methoxy groups -OCH3 is 1. The Morgan fingerprint density at radius 1 is 1.21 bits per heavy atom. The molecule has 146 valence electrons. The minimum absolute atomic E-state index is 0.298. The lowest BCUT2D eigenvalue weighted by Gasteiger charge is -2.18. The smallest absolute Gasteiger partial charge is 0.337 e. The van der Waals surface area contributed by atoms with Gasteiger partial charge in [-0.05, 0) is 61.4 Å². The first kappa shape index (κ1) is 16.8. The van der Waals surface area contributed by atoms with E-state index in [0.717, 1.165) is 43.2 Å². The van der Waals surface area contributed by atoms with Crippen molar-refractivity contribution < 1.29 is 9.53 Å². The molecule has 5 heteroatoms. The molecule has 0 N–H and O–H groups in total. The van der Waals surface area contributed by atoms with Crippen molar-refractivity contribution >= 4 is 27.9 Å². The number of carbonyl (C=O) groups excluding carboxylic acids is 1. The summed E-state index contributed by atoms with van der Waals surface area (Å²) in [6, 6.07) is 14.7. The van der Waals surface area contributed by atoms with Gasteiger partial charge in [0.25, 0.3) is 0 Å². The van der Waals surface area contributed by atoms with Gasteiger partial charge >= 0.3 is 5.97 Å². The van der Waals surface area contributed by atoms with E-state index in [4.69, 9.17) is 9.72 Å². The third kappa shape index (κ3) is 2.60. The van der Waals surface area contributed by atoms with Gasteiger partial charge in [-0.2, -0.15) is 0 Å². The fourth-order valence-electron chi connectivity index (χ4n) is 4.77. The topological polar surface area (TPSA) is 49.0 Å². The van der Waals surface area contributed by atoms with Crippen molar-refractivity contribution in [1.82, 2.24) is 14.1 Å². The SMILES string of the molecule is COC(=O)c1cc2c3c(c1)nc(-c1cc4ccccc4n1CC1CC1)n3CCC2. The van der Waals surface area contributed by atoms with E-state index in [1.54, 1.807) is 0 Å². The summed E-state index contributed by atoms with van der Waals surface area (Å²) < 4.78 is 9.76. The van der Waals surface area contributed by atoms with Crippen molar-refractivity contribution in [2.45, 2.75) is 38.8 Å². The number of imidazole rings is 1. The third-order valence-corrected chi connectivity index (χ3v) is 6.35. The van der Waals surface area contributed by atoms with E-state index in [9.17, 15) is 4.79 Å². The minimum atomic E-state index is -0.298. The van der Waals surface area contributed by atoms with Crippen molar-refractivity contribution in [3.8, 4) is 11.5 Å². The monoisotopic (exact) mass is 385 g/mol. The lowest BCUT2D eigenvalue weighted by molar-refractivity contribution is 0.0600.